The van der Waals surface area contributed by atoms with Crippen LogP contribution in [-0.4, -0.2) is 49.6 Å². The van der Waals surface area contributed by atoms with Crippen molar-refractivity contribution in [3.63, 3.8) is 0 Å². The summed E-state index contributed by atoms with van der Waals surface area (Å²) in [5, 5.41) is 7.38. The van der Waals surface area contributed by atoms with Gasteiger partial charge in [0, 0.05) is 19.6 Å². The van der Waals surface area contributed by atoms with Crippen LogP contribution in [0.15, 0.2) is 29.0 Å². The van der Waals surface area contributed by atoms with E-state index in [-0.39, 0.29) is 12.1 Å². The number of hydrogen-bond donors (Lipinski definition) is 1. The van der Waals surface area contributed by atoms with Crippen LogP contribution in [0, 0.1) is 11.8 Å². The molecule has 1 aliphatic carbocycles. The van der Waals surface area contributed by atoms with E-state index in [4.69, 9.17) is 0 Å². The minimum atomic E-state index is 0.0940. The number of amides is 2. The van der Waals surface area contributed by atoms with E-state index in [1.807, 2.05) is 4.90 Å². The van der Waals surface area contributed by atoms with Gasteiger partial charge in [-0.1, -0.05) is 12.2 Å². The van der Waals surface area contributed by atoms with E-state index in [0.29, 0.717) is 18.4 Å². The lowest BCUT2D eigenvalue weighted by Crippen LogP contribution is -2.42. The van der Waals surface area contributed by atoms with E-state index in [2.05, 4.69) is 53.3 Å². The molecule has 2 heterocycles. The van der Waals surface area contributed by atoms with Gasteiger partial charge in [0.25, 0.3) is 0 Å². The number of nitrogens with one attached hydrogen (secondary N) is 1. The van der Waals surface area contributed by atoms with Gasteiger partial charge >= 0.3 is 6.03 Å². The third-order valence-corrected chi connectivity index (χ3v) is 5.61. The maximum absolute atomic E-state index is 12.5. The minimum absolute atomic E-state index is 0.0940. The Hall–Kier alpha value is -1.33. The molecule has 120 valence electrons. The van der Waals surface area contributed by atoms with Crippen LogP contribution in [-0.2, 0) is 0 Å². The largest absolute Gasteiger partial charge is 0.336 e. The number of urea groups is 1. The number of rotatable bonds is 4. The first-order valence-electron chi connectivity index (χ1n) is 8.01. The maximum atomic E-state index is 12.5. The molecule has 1 saturated heterocycles. The summed E-state index contributed by atoms with van der Waals surface area (Å²) in [6, 6.07) is 2.47. The average molecular weight is 319 g/mol. The molecule has 2 aliphatic rings. The first-order chi connectivity index (χ1) is 10.6. The monoisotopic (exact) mass is 319 g/mol. The van der Waals surface area contributed by atoms with Crippen molar-refractivity contribution in [2.75, 3.05) is 33.7 Å². The highest BCUT2D eigenvalue weighted by Crippen LogP contribution is 2.32. The predicted octanol–water partition coefficient (Wildman–Crippen LogP) is 2.96. The number of carbonyl (C=O) groups is 1. The van der Waals surface area contributed by atoms with Crippen molar-refractivity contribution in [1.29, 1.82) is 0 Å². The van der Waals surface area contributed by atoms with Crippen LogP contribution in [0.25, 0.3) is 0 Å². The van der Waals surface area contributed by atoms with Gasteiger partial charge in [0.1, 0.15) is 0 Å². The molecule has 1 aromatic rings. The Morgan fingerprint density at radius 2 is 2.05 bits per heavy atom. The van der Waals surface area contributed by atoms with Crippen LogP contribution in [0.4, 0.5) is 4.79 Å². The standard InChI is InChI=1S/C17H25N3OS/c1-19(2)16(15-7-8-22-12-15)9-18-17(21)20-10-13-5-3-4-6-14(13)11-20/h3-4,7-8,12-14,16H,5-6,9-11H2,1-2H3,(H,18,21)/t13-,14-,16+/m0/s1. The molecule has 1 aromatic heterocycles. The SMILES string of the molecule is CN(C)[C@H](CNC(=O)N1C[C@@H]2CC=CC[C@H]2C1)c1ccsc1. The second kappa shape index (κ2) is 6.84. The van der Waals surface area contributed by atoms with E-state index in [9.17, 15) is 4.79 Å². The zero-order valence-electron chi connectivity index (χ0n) is 13.4. The van der Waals surface area contributed by atoms with Gasteiger partial charge < -0.3 is 15.1 Å². The van der Waals surface area contributed by atoms with Gasteiger partial charge in [-0.2, -0.15) is 11.3 Å². The molecule has 22 heavy (non-hydrogen) atoms. The normalized spacial score (nSPS) is 25.3. The molecule has 1 aliphatic heterocycles. The first kappa shape index (κ1) is 15.6. The van der Waals surface area contributed by atoms with Crippen molar-refractivity contribution in [2.24, 2.45) is 11.8 Å². The number of likely N-dealkylation sites (N-methyl/N-ethyl adjacent to an activating group) is 1. The summed E-state index contributed by atoms with van der Waals surface area (Å²) in [4.78, 5) is 16.6. The van der Waals surface area contributed by atoms with E-state index in [1.165, 1.54) is 5.56 Å². The molecule has 4 nitrogen and oxygen atoms in total. The van der Waals surface area contributed by atoms with Gasteiger partial charge in [0.2, 0.25) is 0 Å². The Bertz CT molecular complexity index is 510. The molecule has 2 amide bonds. The molecule has 0 unspecified atom stereocenters. The average Bonchev–Trinajstić information content (AvgIpc) is 3.16. The molecule has 0 saturated carbocycles. The van der Waals surface area contributed by atoms with Crippen LogP contribution in [0.3, 0.4) is 0 Å². The molecule has 0 bridgehead atoms. The fourth-order valence-electron chi connectivity index (χ4n) is 3.54. The van der Waals surface area contributed by atoms with Crippen molar-refractivity contribution in [1.82, 2.24) is 15.1 Å². The third-order valence-electron chi connectivity index (χ3n) is 4.91. The first-order valence-corrected chi connectivity index (χ1v) is 8.95. The summed E-state index contributed by atoms with van der Waals surface area (Å²) >= 11 is 1.70. The van der Waals surface area contributed by atoms with E-state index in [0.717, 1.165) is 25.9 Å². The van der Waals surface area contributed by atoms with Crippen molar-refractivity contribution in [3.8, 4) is 0 Å². The summed E-state index contributed by atoms with van der Waals surface area (Å²) in [5.74, 6) is 1.33. The third kappa shape index (κ3) is 3.36. The van der Waals surface area contributed by atoms with Crippen LogP contribution >= 0.6 is 11.3 Å². The molecule has 0 radical (unpaired) electrons. The zero-order valence-corrected chi connectivity index (χ0v) is 14.2. The number of hydrogen-bond acceptors (Lipinski definition) is 3. The van der Waals surface area contributed by atoms with Crippen molar-refractivity contribution in [2.45, 2.75) is 18.9 Å². The fraction of sp³-hybridized carbons (Fsp3) is 0.588. The second-order valence-corrected chi connectivity index (χ2v) is 7.37. The number of allylic oxidation sites excluding steroid dienone is 2. The summed E-state index contributed by atoms with van der Waals surface area (Å²) in [5.41, 5.74) is 1.27. The molecule has 1 N–H and O–H groups in total. The van der Waals surface area contributed by atoms with E-state index < -0.39 is 0 Å². The maximum Gasteiger partial charge on any atom is 0.317 e. The molecule has 5 heteroatoms. The summed E-state index contributed by atoms with van der Waals surface area (Å²) < 4.78 is 0. The Morgan fingerprint density at radius 3 is 2.59 bits per heavy atom. The van der Waals surface area contributed by atoms with Crippen LogP contribution in [0.2, 0.25) is 0 Å². The Labute approximate surface area is 136 Å². The van der Waals surface area contributed by atoms with Crippen molar-refractivity contribution in [3.05, 3.63) is 34.5 Å². The number of likely N-dealkylation sites (tertiary alicyclic amines) is 1. The number of thiophene rings is 1. The smallest absolute Gasteiger partial charge is 0.317 e. The molecule has 0 spiro atoms. The van der Waals surface area contributed by atoms with E-state index in [1.54, 1.807) is 11.3 Å². The lowest BCUT2D eigenvalue weighted by molar-refractivity contribution is 0.200. The topological polar surface area (TPSA) is 35.6 Å². The lowest BCUT2D eigenvalue weighted by Gasteiger charge is -2.25. The van der Waals surface area contributed by atoms with E-state index >= 15 is 0 Å². The second-order valence-electron chi connectivity index (χ2n) is 6.59. The highest BCUT2D eigenvalue weighted by atomic mass is 32.1. The Morgan fingerprint density at radius 1 is 1.36 bits per heavy atom. The van der Waals surface area contributed by atoms with Gasteiger partial charge in [0.15, 0.2) is 0 Å². The van der Waals surface area contributed by atoms with Gasteiger partial charge in [-0.25, -0.2) is 4.79 Å². The molecule has 3 atom stereocenters. The Kier molecular flexibility index (Phi) is 4.84. The molecule has 1 fully saturated rings. The number of nitrogens with zero attached hydrogens (tertiary/aromatic N) is 2. The predicted molar refractivity (Wildman–Crippen MR) is 91.1 cm³/mol. The van der Waals surface area contributed by atoms with Gasteiger partial charge in [-0.3, -0.25) is 0 Å². The zero-order chi connectivity index (χ0) is 15.5. The summed E-state index contributed by atoms with van der Waals surface area (Å²) in [6.07, 6.45) is 6.79. The lowest BCUT2D eigenvalue weighted by atomic mass is 9.86. The minimum Gasteiger partial charge on any atom is -0.336 e. The highest BCUT2D eigenvalue weighted by molar-refractivity contribution is 7.07. The van der Waals surface area contributed by atoms with Crippen LogP contribution < -0.4 is 5.32 Å². The summed E-state index contributed by atoms with van der Waals surface area (Å²) in [6.45, 7) is 2.48. The molecule has 0 aromatic carbocycles. The molecule has 3 rings (SSSR count). The van der Waals surface area contributed by atoms with Crippen molar-refractivity contribution < 1.29 is 4.79 Å². The van der Waals surface area contributed by atoms with Gasteiger partial charge in [-0.05, 0) is 61.2 Å². The molecular formula is C17H25N3OS. The fourth-order valence-corrected chi connectivity index (χ4v) is 4.25. The van der Waals surface area contributed by atoms with Gasteiger partial charge in [0.05, 0.1) is 6.04 Å². The molecular weight excluding hydrogens is 294 g/mol. The van der Waals surface area contributed by atoms with Crippen LogP contribution in [0.1, 0.15) is 24.4 Å². The Balaban J connectivity index is 1.54. The van der Waals surface area contributed by atoms with Crippen molar-refractivity contribution >= 4 is 17.4 Å². The quantitative estimate of drug-likeness (QED) is 0.866. The highest BCUT2D eigenvalue weighted by Gasteiger charge is 2.35. The van der Waals surface area contributed by atoms with Gasteiger partial charge in [-0.15, -0.1) is 0 Å². The van der Waals surface area contributed by atoms with Crippen LogP contribution in [0.5, 0.6) is 0 Å². The number of carbonyl (C=O) groups excluding carboxylic acids is 1. The summed E-state index contributed by atoms with van der Waals surface area (Å²) in [7, 11) is 4.12. The number of fused-ring (bicyclic) bond motifs is 1.